The molecule has 1 aliphatic rings. The molecule has 1 saturated heterocycles. The van der Waals surface area contributed by atoms with Crippen LogP contribution in [0.25, 0.3) is 21.8 Å². The van der Waals surface area contributed by atoms with E-state index in [0.29, 0.717) is 12.2 Å². The predicted octanol–water partition coefficient (Wildman–Crippen LogP) is 2.93. The van der Waals surface area contributed by atoms with E-state index in [4.69, 9.17) is 0 Å². The van der Waals surface area contributed by atoms with E-state index in [9.17, 15) is 4.79 Å². The second-order valence-corrected chi connectivity index (χ2v) is 6.45. The summed E-state index contributed by atoms with van der Waals surface area (Å²) in [6.07, 6.45) is 5.39. The van der Waals surface area contributed by atoms with Gasteiger partial charge in [0.15, 0.2) is 0 Å². The number of fused-ring (bicyclic) bond motifs is 3. The van der Waals surface area contributed by atoms with Gasteiger partial charge in [-0.2, -0.15) is 0 Å². The number of carbonyl (C=O) groups is 1. The van der Waals surface area contributed by atoms with Crippen LogP contribution in [0.15, 0.2) is 36.5 Å². The Hall–Kier alpha value is -2.40. The molecule has 24 heavy (non-hydrogen) atoms. The number of carbonyl (C=O) groups excluding carboxylic acids is 1. The lowest BCUT2D eigenvalue weighted by atomic mass is 10.1. The second-order valence-electron chi connectivity index (χ2n) is 6.45. The van der Waals surface area contributed by atoms with Crippen LogP contribution in [-0.4, -0.2) is 47.0 Å². The Kier molecular flexibility index (Phi) is 4.17. The summed E-state index contributed by atoms with van der Waals surface area (Å²) in [6.45, 7) is 4.19. The number of likely N-dealkylation sites (tertiary alicyclic amines) is 1. The molecule has 0 atom stereocenters. The Morgan fingerprint density at radius 3 is 2.92 bits per heavy atom. The van der Waals surface area contributed by atoms with Crippen molar-refractivity contribution in [1.82, 2.24) is 20.2 Å². The van der Waals surface area contributed by atoms with Crippen LogP contribution in [0, 0.1) is 0 Å². The number of benzene rings is 1. The van der Waals surface area contributed by atoms with Gasteiger partial charge in [0.1, 0.15) is 5.69 Å². The number of hydrogen-bond acceptors (Lipinski definition) is 3. The number of amides is 1. The van der Waals surface area contributed by atoms with Crippen LogP contribution in [-0.2, 0) is 0 Å². The van der Waals surface area contributed by atoms with Gasteiger partial charge in [0.05, 0.1) is 11.0 Å². The number of aromatic amines is 1. The molecule has 124 valence electrons. The number of aromatic nitrogens is 2. The summed E-state index contributed by atoms with van der Waals surface area (Å²) in [7, 11) is 0. The molecule has 0 radical (unpaired) electrons. The highest BCUT2D eigenvalue weighted by Gasteiger charge is 2.13. The molecule has 5 nitrogen and oxygen atoms in total. The zero-order chi connectivity index (χ0) is 16.4. The van der Waals surface area contributed by atoms with Crippen LogP contribution < -0.4 is 5.32 Å². The average Bonchev–Trinajstić information content (AvgIpc) is 3.28. The zero-order valence-corrected chi connectivity index (χ0v) is 13.7. The van der Waals surface area contributed by atoms with Crippen LogP contribution in [0.5, 0.6) is 0 Å². The molecule has 0 unspecified atom stereocenters. The maximum Gasteiger partial charge on any atom is 0.267 e. The van der Waals surface area contributed by atoms with Crippen molar-refractivity contribution in [1.29, 1.82) is 0 Å². The van der Waals surface area contributed by atoms with Gasteiger partial charge in [0.2, 0.25) is 0 Å². The lowest BCUT2D eigenvalue weighted by molar-refractivity contribution is 0.0948. The SMILES string of the molecule is O=C(NCCCN1CCCC1)c1cc2ccc3cccnc3c2[nH]1. The lowest BCUT2D eigenvalue weighted by Crippen LogP contribution is -2.28. The Morgan fingerprint density at radius 2 is 2.04 bits per heavy atom. The number of nitrogens with zero attached hydrogens (tertiary/aromatic N) is 2. The molecule has 1 fully saturated rings. The number of nitrogens with one attached hydrogen (secondary N) is 2. The molecule has 0 spiro atoms. The Balaban J connectivity index is 1.43. The molecular weight excluding hydrogens is 300 g/mol. The van der Waals surface area contributed by atoms with E-state index in [1.807, 2.05) is 30.3 Å². The monoisotopic (exact) mass is 322 g/mol. The van der Waals surface area contributed by atoms with Crippen molar-refractivity contribution in [2.45, 2.75) is 19.3 Å². The molecule has 5 heteroatoms. The van der Waals surface area contributed by atoms with Crippen molar-refractivity contribution in [2.24, 2.45) is 0 Å². The predicted molar refractivity (Wildman–Crippen MR) is 96.2 cm³/mol. The lowest BCUT2D eigenvalue weighted by Gasteiger charge is -2.14. The molecule has 3 aromatic rings. The van der Waals surface area contributed by atoms with Crippen LogP contribution >= 0.6 is 0 Å². The zero-order valence-electron chi connectivity index (χ0n) is 13.7. The average molecular weight is 322 g/mol. The van der Waals surface area contributed by atoms with Crippen LogP contribution in [0.2, 0.25) is 0 Å². The van der Waals surface area contributed by atoms with E-state index < -0.39 is 0 Å². The number of rotatable bonds is 5. The highest BCUT2D eigenvalue weighted by molar-refractivity contribution is 6.07. The summed E-state index contributed by atoms with van der Waals surface area (Å²) in [4.78, 5) is 22.5. The van der Waals surface area contributed by atoms with E-state index in [0.717, 1.165) is 34.8 Å². The third kappa shape index (κ3) is 2.99. The molecule has 4 rings (SSSR count). The number of pyridine rings is 1. The van der Waals surface area contributed by atoms with Gasteiger partial charge >= 0.3 is 0 Å². The highest BCUT2D eigenvalue weighted by Crippen LogP contribution is 2.23. The van der Waals surface area contributed by atoms with Gasteiger partial charge in [0, 0.05) is 23.5 Å². The first kappa shape index (κ1) is 15.1. The Bertz CT molecular complexity index is 864. The van der Waals surface area contributed by atoms with E-state index in [2.05, 4.69) is 20.2 Å². The summed E-state index contributed by atoms with van der Waals surface area (Å²) >= 11 is 0. The summed E-state index contributed by atoms with van der Waals surface area (Å²) in [5, 5.41) is 5.11. The highest BCUT2D eigenvalue weighted by atomic mass is 16.1. The fraction of sp³-hybridized carbons (Fsp3) is 0.368. The van der Waals surface area contributed by atoms with Crippen LogP contribution in [0.4, 0.5) is 0 Å². The van der Waals surface area contributed by atoms with Crippen molar-refractivity contribution in [3.8, 4) is 0 Å². The maximum atomic E-state index is 12.4. The molecule has 1 aliphatic heterocycles. The smallest absolute Gasteiger partial charge is 0.267 e. The van der Waals surface area contributed by atoms with Crippen molar-refractivity contribution < 1.29 is 4.79 Å². The van der Waals surface area contributed by atoms with Gasteiger partial charge in [-0.15, -0.1) is 0 Å². The largest absolute Gasteiger partial charge is 0.351 e. The summed E-state index contributed by atoms with van der Waals surface area (Å²) in [6, 6.07) is 9.92. The minimum absolute atomic E-state index is 0.0447. The van der Waals surface area contributed by atoms with Crippen molar-refractivity contribution in [2.75, 3.05) is 26.2 Å². The second kappa shape index (κ2) is 6.61. The van der Waals surface area contributed by atoms with Crippen molar-refractivity contribution >= 4 is 27.7 Å². The molecule has 3 heterocycles. The molecule has 1 aromatic carbocycles. The van der Waals surface area contributed by atoms with E-state index in [-0.39, 0.29) is 5.91 Å². The molecule has 2 aromatic heterocycles. The van der Waals surface area contributed by atoms with Crippen molar-refractivity contribution in [3.05, 3.63) is 42.2 Å². The first-order chi connectivity index (χ1) is 11.8. The van der Waals surface area contributed by atoms with Gasteiger partial charge in [-0.25, -0.2) is 0 Å². The molecule has 0 aliphatic carbocycles. The fourth-order valence-corrected chi connectivity index (χ4v) is 3.47. The summed E-state index contributed by atoms with van der Waals surface area (Å²) < 4.78 is 0. The van der Waals surface area contributed by atoms with Gasteiger partial charge in [-0.05, 0) is 51.0 Å². The Labute approximate surface area is 141 Å². The quantitative estimate of drug-likeness (QED) is 0.710. The molecule has 2 N–H and O–H groups in total. The van der Waals surface area contributed by atoms with E-state index in [1.54, 1.807) is 6.20 Å². The normalized spacial score (nSPS) is 15.3. The van der Waals surface area contributed by atoms with Gasteiger partial charge in [-0.3, -0.25) is 9.78 Å². The summed E-state index contributed by atoms with van der Waals surface area (Å²) in [5.74, 6) is -0.0447. The molecular formula is C19H22N4O. The van der Waals surface area contributed by atoms with Gasteiger partial charge in [0.25, 0.3) is 5.91 Å². The molecule has 0 saturated carbocycles. The third-order valence-corrected chi connectivity index (χ3v) is 4.75. The van der Waals surface area contributed by atoms with Gasteiger partial charge < -0.3 is 15.2 Å². The van der Waals surface area contributed by atoms with Gasteiger partial charge in [-0.1, -0.05) is 18.2 Å². The van der Waals surface area contributed by atoms with Crippen molar-refractivity contribution in [3.63, 3.8) is 0 Å². The van der Waals surface area contributed by atoms with E-state index >= 15 is 0 Å². The van der Waals surface area contributed by atoms with Crippen LogP contribution in [0.1, 0.15) is 29.8 Å². The topological polar surface area (TPSA) is 61.0 Å². The fourth-order valence-electron chi connectivity index (χ4n) is 3.47. The minimum atomic E-state index is -0.0447. The Morgan fingerprint density at radius 1 is 1.21 bits per heavy atom. The molecule has 1 amide bonds. The third-order valence-electron chi connectivity index (χ3n) is 4.75. The number of hydrogen-bond donors (Lipinski definition) is 2. The number of H-pyrrole nitrogens is 1. The van der Waals surface area contributed by atoms with E-state index in [1.165, 1.54) is 25.9 Å². The first-order valence-corrected chi connectivity index (χ1v) is 8.68. The first-order valence-electron chi connectivity index (χ1n) is 8.68. The maximum absolute atomic E-state index is 12.4. The standard InChI is InChI=1S/C19H22N4O/c24-19(21-9-4-12-23-10-1-2-11-23)16-13-15-7-6-14-5-3-8-20-17(14)18(15)22-16/h3,5-8,13,22H,1-2,4,9-12H2,(H,21,24). The van der Waals surface area contributed by atoms with Crippen LogP contribution in [0.3, 0.4) is 0 Å². The minimum Gasteiger partial charge on any atom is -0.351 e. The summed E-state index contributed by atoms with van der Waals surface area (Å²) in [5.41, 5.74) is 2.43. The molecule has 0 bridgehead atoms.